The lowest BCUT2D eigenvalue weighted by molar-refractivity contribution is 0.391. The number of hydrogen-bond donors (Lipinski definition) is 1. The number of nitrogens with zero attached hydrogens (tertiary/aromatic N) is 2. The fourth-order valence-corrected chi connectivity index (χ4v) is 1.62. The van der Waals surface area contributed by atoms with Crippen LogP contribution in [0, 0.1) is 6.92 Å². The van der Waals surface area contributed by atoms with E-state index in [-0.39, 0.29) is 0 Å². The third-order valence-corrected chi connectivity index (χ3v) is 2.47. The largest absolute Gasteiger partial charge is 0.313 e. The quantitative estimate of drug-likeness (QED) is 0.712. The molecule has 0 aliphatic carbocycles. The zero-order valence-electron chi connectivity index (χ0n) is 10.7. The van der Waals surface area contributed by atoms with E-state index in [0.717, 1.165) is 13.1 Å². The summed E-state index contributed by atoms with van der Waals surface area (Å²) in [7, 11) is 4.23. The van der Waals surface area contributed by atoms with Crippen molar-refractivity contribution in [3.8, 4) is 0 Å². The highest BCUT2D eigenvalue weighted by Crippen LogP contribution is 2.00. The van der Waals surface area contributed by atoms with Gasteiger partial charge in [-0.3, -0.25) is 4.98 Å². The van der Waals surface area contributed by atoms with Crippen molar-refractivity contribution in [3.63, 3.8) is 0 Å². The van der Waals surface area contributed by atoms with E-state index in [4.69, 9.17) is 0 Å². The van der Waals surface area contributed by atoms with Gasteiger partial charge in [-0.25, -0.2) is 0 Å². The molecule has 1 heterocycles. The normalized spacial score (nSPS) is 11.0. The summed E-state index contributed by atoms with van der Waals surface area (Å²) in [6.45, 7) is 5.26. The number of hydrogen-bond acceptors (Lipinski definition) is 3. The second-order valence-corrected chi connectivity index (χ2v) is 4.56. The highest BCUT2D eigenvalue weighted by atomic mass is 15.0. The monoisotopic (exact) mass is 221 g/mol. The number of unbranched alkanes of at least 4 members (excludes halogenated alkanes) is 1. The fourth-order valence-electron chi connectivity index (χ4n) is 1.62. The molecule has 0 fully saturated rings. The molecule has 0 atom stereocenters. The summed E-state index contributed by atoms with van der Waals surface area (Å²) >= 11 is 0. The van der Waals surface area contributed by atoms with Crippen molar-refractivity contribution in [3.05, 3.63) is 29.6 Å². The van der Waals surface area contributed by atoms with Gasteiger partial charge in [0.25, 0.3) is 0 Å². The van der Waals surface area contributed by atoms with Crippen LogP contribution in [0.2, 0.25) is 0 Å². The first kappa shape index (κ1) is 13.1. The van der Waals surface area contributed by atoms with Gasteiger partial charge in [0.05, 0.1) is 0 Å². The van der Waals surface area contributed by atoms with Crippen LogP contribution in [-0.2, 0) is 6.54 Å². The van der Waals surface area contributed by atoms with Gasteiger partial charge in [-0.2, -0.15) is 0 Å². The number of aromatic nitrogens is 1. The van der Waals surface area contributed by atoms with Gasteiger partial charge in [0.1, 0.15) is 0 Å². The number of pyridine rings is 1. The Hall–Kier alpha value is -0.930. The average Bonchev–Trinajstić information content (AvgIpc) is 2.23. The van der Waals surface area contributed by atoms with Crippen LogP contribution in [0.4, 0.5) is 0 Å². The molecule has 1 N–H and O–H groups in total. The molecule has 1 aromatic rings. The van der Waals surface area contributed by atoms with Gasteiger partial charge in [-0.05, 0) is 58.1 Å². The summed E-state index contributed by atoms with van der Waals surface area (Å²) in [5.74, 6) is 0. The zero-order chi connectivity index (χ0) is 11.8. The van der Waals surface area contributed by atoms with E-state index in [2.05, 4.69) is 42.3 Å². The van der Waals surface area contributed by atoms with Gasteiger partial charge >= 0.3 is 0 Å². The Labute approximate surface area is 98.9 Å². The van der Waals surface area contributed by atoms with Gasteiger partial charge < -0.3 is 10.2 Å². The van der Waals surface area contributed by atoms with Crippen LogP contribution in [0.5, 0.6) is 0 Å². The number of aryl methyl sites for hydroxylation is 1. The Bertz CT molecular complexity index is 297. The minimum absolute atomic E-state index is 0.927. The Morgan fingerprint density at radius 2 is 2.06 bits per heavy atom. The highest BCUT2D eigenvalue weighted by Gasteiger charge is 1.94. The van der Waals surface area contributed by atoms with Gasteiger partial charge in [0.2, 0.25) is 0 Å². The van der Waals surface area contributed by atoms with Gasteiger partial charge in [-0.1, -0.05) is 6.07 Å². The van der Waals surface area contributed by atoms with Crippen molar-refractivity contribution in [1.82, 2.24) is 15.2 Å². The zero-order valence-corrected chi connectivity index (χ0v) is 10.7. The van der Waals surface area contributed by atoms with Gasteiger partial charge in [0, 0.05) is 18.9 Å². The molecular weight excluding hydrogens is 198 g/mol. The van der Waals surface area contributed by atoms with Gasteiger partial charge in [-0.15, -0.1) is 0 Å². The lowest BCUT2D eigenvalue weighted by atomic mass is 10.2. The van der Waals surface area contributed by atoms with Crippen LogP contribution < -0.4 is 5.32 Å². The van der Waals surface area contributed by atoms with E-state index in [1.54, 1.807) is 0 Å². The van der Waals surface area contributed by atoms with E-state index >= 15 is 0 Å². The molecule has 0 aliphatic heterocycles. The van der Waals surface area contributed by atoms with Crippen molar-refractivity contribution in [2.75, 3.05) is 27.2 Å². The molecular formula is C13H23N3. The molecule has 0 saturated carbocycles. The molecule has 0 radical (unpaired) electrons. The molecule has 0 amide bonds. The summed E-state index contributed by atoms with van der Waals surface area (Å²) in [4.78, 5) is 6.40. The third kappa shape index (κ3) is 5.83. The first-order chi connectivity index (χ1) is 7.68. The smallest absolute Gasteiger partial charge is 0.0313 e. The van der Waals surface area contributed by atoms with Crippen molar-refractivity contribution < 1.29 is 0 Å². The molecule has 0 spiro atoms. The number of nitrogens with one attached hydrogen (secondary N) is 1. The average molecular weight is 221 g/mol. The number of rotatable bonds is 7. The molecule has 3 nitrogen and oxygen atoms in total. The summed E-state index contributed by atoms with van der Waals surface area (Å²) < 4.78 is 0. The molecule has 3 heteroatoms. The summed E-state index contributed by atoms with van der Waals surface area (Å²) in [6, 6.07) is 2.18. The van der Waals surface area contributed by atoms with E-state index in [1.165, 1.54) is 30.5 Å². The van der Waals surface area contributed by atoms with E-state index < -0.39 is 0 Å². The highest BCUT2D eigenvalue weighted by molar-refractivity contribution is 5.16. The van der Waals surface area contributed by atoms with Crippen LogP contribution >= 0.6 is 0 Å². The SMILES string of the molecule is Cc1cncc(CNCCCCN(C)C)c1. The summed E-state index contributed by atoms with van der Waals surface area (Å²) in [6.07, 6.45) is 6.31. The van der Waals surface area contributed by atoms with Crippen LogP contribution in [0.1, 0.15) is 24.0 Å². The molecule has 0 bridgehead atoms. The standard InChI is InChI=1S/C13H23N3/c1-12-8-13(11-15-9-12)10-14-6-4-5-7-16(2)3/h8-9,11,14H,4-7,10H2,1-3H3. The van der Waals surface area contributed by atoms with Crippen LogP contribution in [-0.4, -0.2) is 37.1 Å². The predicted molar refractivity (Wildman–Crippen MR) is 68.5 cm³/mol. The Morgan fingerprint density at radius 1 is 1.25 bits per heavy atom. The molecule has 0 aromatic carbocycles. The molecule has 0 aliphatic rings. The Morgan fingerprint density at radius 3 is 2.75 bits per heavy atom. The van der Waals surface area contributed by atoms with Crippen molar-refractivity contribution in [2.24, 2.45) is 0 Å². The maximum Gasteiger partial charge on any atom is 0.0313 e. The van der Waals surface area contributed by atoms with Crippen LogP contribution in [0.3, 0.4) is 0 Å². The van der Waals surface area contributed by atoms with E-state index in [1.807, 2.05) is 12.4 Å². The Kier molecular flexibility index (Phi) is 6.04. The van der Waals surface area contributed by atoms with E-state index in [0.29, 0.717) is 0 Å². The predicted octanol–water partition coefficient (Wildman–Crippen LogP) is 1.82. The van der Waals surface area contributed by atoms with E-state index in [9.17, 15) is 0 Å². The molecule has 1 aromatic heterocycles. The molecule has 1 rings (SSSR count). The molecule has 90 valence electrons. The summed E-state index contributed by atoms with van der Waals surface area (Å²) in [5, 5.41) is 3.44. The second-order valence-electron chi connectivity index (χ2n) is 4.56. The molecule has 16 heavy (non-hydrogen) atoms. The van der Waals surface area contributed by atoms with Crippen LogP contribution in [0.15, 0.2) is 18.5 Å². The maximum absolute atomic E-state index is 4.18. The lowest BCUT2D eigenvalue weighted by Crippen LogP contribution is -2.18. The summed E-state index contributed by atoms with van der Waals surface area (Å²) in [5.41, 5.74) is 2.50. The minimum atomic E-state index is 0.927. The topological polar surface area (TPSA) is 28.2 Å². The second kappa shape index (κ2) is 7.36. The first-order valence-electron chi connectivity index (χ1n) is 5.94. The van der Waals surface area contributed by atoms with Crippen molar-refractivity contribution in [2.45, 2.75) is 26.3 Å². The fraction of sp³-hybridized carbons (Fsp3) is 0.615. The van der Waals surface area contributed by atoms with Crippen molar-refractivity contribution >= 4 is 0 Å². The maximum atomic E-state index is 4.18. The first-order valence-corrected chi connectivity index (χ1v) is 5.94. The van der Waals surface area contributed by atoms with Crippen LogP contribution in [0.25, 0.3) is 0 Å². The third-order valence-electron chi connectivity index (χ3n) is 2.47. The lowest BCUT2D eigenvalue weighted by Gasteiger charge is -2.09. The van der Waals surface area contributed by atoms with Crippen molar-refractivity contribution in [1.29, 1.82) is 0 Å². The van der Waals surface area contributed by atoms with Gasteiger partial charge in [0.15, 0.2) is 0 Å². The molecule has 0 saturated heterocycles. The Balaban J connectivity index is 2.07. The molecule has 0 unspecified atom stereocenters. The minimum Gasteiger partial charge on any atom is -0.313 e.